The summed E-state index contributed by atoms with van der Waals surface area (Å²) in [7, 11) is 4.79. The van der Waals surface area contributed by atoms with E-state index in [-0.39, 0.29) is 34.0 Å². The zero-order valence-electron chi connectivity index (χ0n) is 19.0. The number of hydrogen-bond acceptors (Lipinski definition) is 6. The highest BCUT2D eigenvalue weighted by atomic mass is 19.1. The molecule has 0 aliphatic rings. The molecule has 1 amide bonds. The summed E-state index contributed by atoms with van der Waals surface area (Å²) in [5, 5.41) is 11.6. The number of nitrogens with one attached hydrogen (secondary N) is 1. The molecule has 5 aromatic rings. The molecule has 0 atom stereocenters. The number of anilines is 1. The first kappa shape index (κ1) is 22.1. The van der Waals surface area contributed by atoms with Crippen LogP contribution in [0.15, 0.2) is 55.1 Å². The van der Waals surface area contributed by atoms with Crippen molar-refractivity contribution in [3.8, 4) is 28.3 Å². The van der Waals surface area contributed by atoms with Crippen LogP contribution >= 0.6 is 0 Å². The Balaban J connectivity index is 1.58. The van der Waals surface area contributed by atoms with E-state index in [1.54, 1.807) is 37.2 Å². The monoisotopic (exact) mass is 475 g/mol. The van der Waals surface area contributed by atoms with E-state index < -0.39 is 17.5 Å². The van der Waals surface area contributed by atoms with Gasteiger partial charge in [0.25, 0.3) is 5.91 Å². The zero-order valence-corrected chi connectivity index (χ0v) is 19.0. The maximum atomic E-state index is 15.0. The minimum absolute atomic E-state index is 0.0195. The molecular formula is C24H19F2N7O2. The van der Waals surface area contributed by atoms with Gasteiger partial charge in [-0.15, -0.1) is 0 Å². The minimum atomic E-state index is -0.628. The molecule has 35 heavy (non-hydrogen) atoms. The van der Waals surface area contributed by atoms with Gasteiger partial charge in [0, 0.05) is 49.1 Å². The van der Waals surface area contributed by atoms with Gasteiger partial charge in [-0.3, -0.25) is 14.2 Å². The van der Waals surface area contributed by atoms with Crippen molar-refractivity contribution in [2.45, 2.75) is 0 Å². The van der Waals surface area contributed by atoms with Crippen molar-refractivity contribution in [2.24, 2.45) is 14.1 Å². The maximum Gasteiger partial charge on any atom is 0.274 e. The standard InChI is InChI=1S/C24H19F2N7O2/c1-32-12-13(10-28-32)20-14-11-29-33(2)22(14)16(26)9-18(20)31-24(34)17-7-8-27-23(30-17)21-15(25)5-4-6-19(21)35-3/h4-12H,1-3H3,(H,31,34). The SMILES string of the molecule is COc1cccc(F)c1-c1nccc(C(=O)Nc2cc(F)c3c(cnn3C)c2-c2cnn(C)c2)n1. The summed E-state index contributed by atoms with van der Waals surface area (Å²) in [6, 6.07) is 6.93. The number of amides is 1. The third-order valence-corrected chi connectivity index (χ3v) is 5.52. The fourth-order valence-corrected chi connectivity index (χ4v) is 3.96. The molecular weight excluding hydrogens is 456 g/mol. The first-order chi connectivity index (χ1) is 16.9. The number of fused-ring (bicyclic) bond motifs is 1. The number of ether oxygens (including phenoxy) is 1. The molecule has 2 aromatic carbocycles. The Morgan fingerprint density at radius 1 is 1.06 bits per heavy atom. The predicted octanol–water partition coefficient (Wildman–Crippen LogP) is 3.97. The molecule has 0 bridgehead atoms. The van der Waals surface area contributed by atoms with Crippen LogP contribution in [0.1, 0.15) is 10.5 Å². The van der Waals surface area contributed by atoms with E-state index in [0.717, 1.165) is 0 Å². The molecule has 11 heteroatoms. The van der Waals surface area contributed by atoms with Crippen LogP contribution in [0.4, 0.5) is 14.5 Å². The van der Waals surface area contributed by atoms with E-state index in [0.29, 0.717) is 16.5 Å². The Labute approximate surface area is 198 Å². The highest BCUT2D eigenvalue weighted by molar-refractivity contribution is 6.09. The number of benzene rings is 2. The lowest BCUT2D eigenvalue weighted by Crippen LogP contribution is -2.15. The second kappa shape index (κ2) is 8.60. The van der Waals surface area contributed by atoms with Crippen LogP contribution in [0.2, 0.25) is 0 Å². The zero-order chi connectivity index (χ0) is 24.7. The topological polar surface area (TPSA) is 99.7 Å². The van der Waals surface area contributed by atoms with Gasteiger partial charge in [-0.25, -0.2) is 18.7 Å². The lowest BCUT2D eigenvalue weighted by Gasteiger charge is -2.13. The molecule has 0 spiro atoms. The van der Waals surface area contributed by atoms with Crippen LogP contribution in [0.5, 0.6) is 5.75 Å². The van der Waals surface area contributed by atoms with E-state index >= 15 is 0 Å². The number of methoxy groups -OCH3 is 1. The molecule has 1 N–H and O–H groups in total. The van der Waals surface area contributed by atoms with Crippen LogP contribution in [0.25, 0.3) is 33.4 Å². The van der Waals surface area contributed by atoms with Crippen molar-refractivity contribution in [1.29, 1.82) is 0 Å². The molecule has 0 saturated heterocycles. The highest BCUT2D eigenvalue weighted by Crippen LogP contribution is 2.37. The molecule has 0 aliphatic carbocycles. The van der Waals surface area contributed by atoms with Crippen molar-refractivity contribution in [3.63, 3.8) is 0 Å². The van der Waals surface area contributed by atoms with E-state index in [9.17, 15) is 13.6 Å². The number of carbonyl (C=O) groups is 1. The van der Waals surface area contributed by atoms with Gasteiger partial charge in [-0.05, 0) is 18.2 Å². The van der Waals surface area contributed by atoms with Crippen LogP contribution in [0, 0.1) is 11.6 Å². The lowest BCUT2D eigenvalue weighted by molar-refractivity contribution is 0.102. The molecule has 3 heterocycles. The number of rotatable bonds is 5. The van der Waals surface area contributed by atoms with Crippen molar-refractivity contribution in [1.82, 2.24) is 29.5 Å². The summed E-state index contributed by atoms with van der Waals surface area (Å²) < 4.78 is 37.8. The summed E-state index contributed by atoms with van der Waals surface area (Å²) in [4.78, 5) is 21.5. The Morgan fingerprint density at radius 3 is 2.63 bits per heavy atom. The summed E-state index contributed by atoms with van der Waals surface area (Å²) in [6.45, 7) is 0. The van der Waals surface area contributed by atoms with E-state index in [1.807, 2.05) is 0 Å². The van der Waals surface area contributed by atoms with E-state index in [1.165, 1.54) is 48.5 Å². The van der Waals surface area contributed by atoms with E-state index in [4.69, 9.17) is 4.74 Å². The number of halogens is 2. The van der Waals surface area contributed by atoms with Crippen LogP contribution in [-0.2, 0) is 14.1 Å². The number of nitrogens with zero attached hydrogens (tertiary/aromatic N) is 6. The molecule has 0 fully saturated rings. The molecule has 3 aromatic heterocycles. The normalized spacial score (nSPS) is 11.1. The van der Waals surface area contributed by atoms with Crippen molar-refractivity contribution in [2.75, 3.05) is 12.4 Å². The Bertz CT molecular complexity index is 1590. The third kappa shape index (κ3) is 3.86. The maximum absolute atomic E-state index is 15.0. The molecule has 0 radical (unpaired) electrons. The fraction of sp³-hybridized carbons (Fsp3) is 0.125. The summed E-state index contributed by atoms with van der Waals surface area (Å²) in [6.07, 6.45) is 6.24. The quantitative estimate of drug-likeness (QED) is 0.413. The van der Waals surface area contributed by atoms with Gasteiger partial charge in [0.2, 0.25) is 0 Å². The largest absolute Gasteiger partial charge is 0.496 e. The fourth-order valence-electron chi connectivity index (χ4n) is 3.96. The summed E-state index contributed by atoms with van der Waals surface area (Å²) >= 11 is 0. The molecule has 0 saturated carbocycles. The molecule has 176 valence electrons. The van der Waals surface area contributed by atoms with Gasteiger partial charge < -0.3 is 10.1 Å². The van der Waals surface area contributed by atoms with Crippen molar-refractivity contribution >= 4 is 22.5 Å². The average molecular weight is 475 g/mol. The first-order valence-corrected chi connectivity index (χ1v) is 10.5. The smallest absolute Gasteiger partial charge is 0.274 e. The first-order valence-electron chi connectivity index (χ1n) is 10.5. The number of aryl methyl sites for hydroxylation is 2. The average Bonchev–Trinajstić information content (AvgIpc) is 3.45. The molecule has 0 aliphatic heterocycles. The van der Waals surface area contributed by atoms with Crippen LogP contribution in [0.3, 0.4) is 0 Å². The highest BCUT2D eigenvalue weighted by Gasteiger charge is 2.22. The Morgan fingerprint density at radius 2 is 1.89 bits per heavy atom. The Hall–Kier alpha value is -4.67. The van der Waals surface area contributed by atoms with Gasteiger partial charge in [0.15, 0.2) is 11.6 Å². The molecule has 5 rings (SSSR count). The van der Waals surface area contributed by atoms with Crippen LogP contribution < -0.4 is 10.1 Å². The second-order valence-electron chi connectivity index (χ2n) is 7.75. The van der Waals surface area contributed by atoms with Gasteiger partial charge in [-0.1, -0.05) is 6.07 Å². The molecule has 0 unspecified atom stereocenters. The van der Waals surface area contributed by atoms with Crippen molar-refractivity contribution < 1.29 is 18.3 Å². The number of aromatic nitrogens is 6. The minimum Gasteiger partial charge on any atom is -0.496 e. The van der Waals surface area contributed by atoms with E-state index in [2.05, 4.69) is 25.5 Å². The van der Waals surface area contributed by atoms with Crippen molar-refractivity contribution in [3.05, 3.63) is 72.4 Å². The van der Waals surface area contributed by atoms with Gasteiger partial charge >= 0.3 is 0 Å². The summed E-state index contributed by atoms with van der Waals surface area (Å²) in [5.41, 5.74) is 1.72. The third-order valence-electron chi connectivity index (χ3n) is 5.52. The van der Waals surface area contributed by atoms with Gasteiger partial charge in [-0.2, -0.15) is 10.2 Å². The molecule has 9 nitrogen and oxygen atoms in total. The predicted molar refractivity (Wildman–Crippen MR) is 125 cm³/mol. The van der Waals surface area contributed by atoms with Gasteiger partial charge in [0.1, 0.15) is 22.8 Å². The summed E-state index contributed by atoms with van der Waals surface area (Å²) in [5.74, 6) is -1.57. The number of carbonyl (C=O) groups excluding carboxylic acids is 1. The Kier molecular flexibility index (Phi) is 5.44. The number of hydrogen-bond donors (Lipinski definition) is 1. The van der Waals surface area contributed by atoms with Crippen LogP contribution in [-0.4, -0.2) is 42.5 Å². The second-order valence-corrected chi connectivity index (χ2v) is 7.75. The van der Waals surface area contributed by atoms with Gasteiger partial charge in [0.05, 0.1) is 30.8 Å². The lowest BCUT2D eigenvalue weighted by atomic mass is 10.0.